The van der Waals surface area contributed by atoms with Gasteiger partial charge in [0, 0.05) is 13.1 Å². The number of carbonyl (C=O) groups excluding carboxylic acids is 2. The molecule has 1 atom stereocenters. The van der Waals surface area contributed by atoms with Crippen LogP contribution in [0.1, 0.15) is 35.4 Å². The lowest BCUT2D eigenvalue weighted by Gasteiger charge is -2.23. The maximum atomic E-state index is 13.8. The number of nitrogens with one attached hydrogen (secondary N) is 3. The summed E-state index contributed by atoms with van der Waals surface area (Å²) in [5.41, 5.74) is 2.42. The molecule has 9 heteroatoms. The lowest BCUT2D eigenvalue weighted by Crippen LogP contribution is -2.48. The fraction of sp³-hybridized carbons (Fsp3) is 0.176. The molecule has 0 radical (unpaired) electrons. The van der Waals surface area contributed by atoms with Crippen molar-refractivity contribution >= 4 is 17.8 Å². The van der Waals surface area contributed by atoms with Gasteiger partial charge in [-0.25, -0.2) is 10.3 Å². The number of carbonyl (C=O) groups is 2. The molecular weight excluding hydrogens is 542 g/mol. The molecule has 0 bridgehead atoms. The van der Waals surface area contributed by atoms with Gasteiger partial charge in [0.2, 0.25) is 11.8 Å². The van der Waals surface area contributed by atoms with Gasteiger partial charge >= 0.3 is 6.02 Å². The fourth-order valence-corrected chi connectivity index (χ4v) is 4.46. The summed E-state index contributed by atoms with van der Waals surface area (Å²) in [6, 6.07) is 33.5. The van der Waals surface area contributed by atoms with Crippen LogP contribution in [0.15, 0.2) is 120 Å². The fourth-order valence-electron chi connectivity index (χ4n) is 4.46. The van der Waals surface area contributed by atoms with Crippen LogP contribution >= 0.6 is 0 Å². The number of aromatic hydroxyl groups is 1. The lowest BCUT2D eigenvalue weighted by molar-refractivity contribution is -0.129. The number of hydrogen-bond donors (Lipinski definition) is 4. The monoisotopic (exact) mass is 575 g/mol. The number of rotatable bonds is 12. The van der Waals surface area contributed by atoms with Gasteiger partial charge in [0.05, 0.1) is 5.92 Å². The van der Waals surface area contributed by atoms with Crippen molar-refractivity contribution in [3.05, 3.63) is 132 Å². The minimum atomic E-state index is -0.850. The molecule has 4 aromatic carbocycles. The molecule has 0 aliphatic carbocycles. The van der Waals surface area contributed by atoms with E-state index in [0.717, 1.165) is 16.7 Å². The molecule has 2 amide bonds. The molecule has 0 fully saturated rings. The smallest absolute Gasteiger partial charge is 0.303 e. The van der Waals surface area contributed by atoms with Gasteiger partial charge in [0.15, 0.2) is 6.19 Å². The molecule has 0 saturated heterocycles. The van der Waals surface area contributed by atoms with E-state index in [2.05, 4.69) is 20.9 Å². The third-order valence-electron chi connectivity index (χ3n) is 6.59. The number of phenolic OH excluding ortho intramolecular Hbond substituents is 1. The molecule has 0 aliphatic heterocycles. The average Bonchev–Trinajstić information content (AvgIpc) is 3.04. The average molecular weight is 576 g/mol. The van der Waals surface area contributed by atoms with Crippen LogP contribution in [0.5, 0.6) is 11.5 Å². The van der Waals surface area contributed by atoms with Crippen LogP contribution in [0.25, 0.3) is 0 Å². The quantitative estimate of drug-likeness (QED) is 0.0641. The Morgan fingerprint density at radius 1 is 0.814 bits per heavy atom. The largest absolute Gasteiger partial charge is 0.508 e. The van der Waals surface area contributed by atoms with Crippen LogP contribution in [-0.4, -0.2) is 35.5 Å². The van der Waals surface area contributed by atoms with E-state index in [9.17, 15) is 14.7 Å². The minimum absolute atomic E-state index is 0.0410. The molecule has 0 aromatic heterocycles. The van der Waals surface area contributed by atoms with Crippen LogP contribution < -0.4 is 20.7 Å². The molecule has 4 aromatic rings. The Hall–Kier alpha value is -5.62. The number of para-hydroxylation sites is 1. The predicted octanol–water partition coefficient (Wildman–Crippen LogP) is 4.61. The molecular formula is C34H33N5O4. The van der Waals surface area contributed by atoms with Crippen molar-refractivity contribution in [3.63, 3.8) is 0 Å². The maximum absolute atomic E-state index is 13.8. The Kier molecular flexibility index (Phi) is 11.3. The van der Waals surface area contributed by atoms with Crippen LogP contribution in [0.3, 0.4) is 0 Å². The van der Waals surface area contributed by atoms with Crippen LogP contribution in [0.4, 0.5) is 0 Å². The van der Waals surface area contributed by atoms with Crippen molar-refractivity contribution in [1.82, 2.24) is 16.0 Å². The summed E-state index contributed by atoms with van der Waals surface area (Å²) in [5.74, 6) is -0.601. The predicted molar refractivity (Wildman–Crippen MR) is 164 cm³/mol. The van der Waals surface area contributed by atoms with E-state index in [-0.39, 0.29) is 43.1 Å². The summed E-state index contributed by atoms with van der Waals surface area (Å²) >= 11 is 0. The molecule has 0 spiro atoms. The molecule has 0 saturated carbocycles. The highest BCUT2D eigenvalue weighted by atomic mass is 16.5. The second-order valence-corrected chi connectivity index (χ2v) is 9.68. The number of hydrogen-bond acceptors (Lipinski definition) is 6. The zero-order valence-electron chi connectivity index (χ0n) is 23.5. The van der Waals surface area contributed by atoms with Gasteiger partial charge in [0.1, 0.15) is 17.5 Å². The third-order valence-corrected chi connectivity index (χ3v) is 6.59. The first-order valence-corrected chi connectivity index (χ1v) is 13.9. The Balaban J connectivity index is 1.48. The number of nitrogens with zero attached hydrogens (tertiary/aromatic N) is 2. The summed E-state index contributed by atoms with van der Waals surface area (Å²) < 4.78 is 5.65. The van der Waals surface area contributed by atoms with E-state index < -0.39 is 12.0 Å². The third kappa shape index (κ3) is 9.47. The zero-order valence-corrected chi connectivity index (χ0v) is 23.5. The Morgan fingerprint density at radius 2 is 1.40 bits per heavy atom. The normalized spacial score (nSPS) is 11.7. The zero-order chi connectivity index (χ0) is 30.3. The summed E-state index contributed by atoms with van der Waals surface area (Å²) in [4.78, 5) is 31.5. The maximum Gasteiger partial charge on any atom is 0.303 e. The van der Waals surface area contributed by atoms with Crippen molar-refractivity contribution in [3.8, 4) is 17.7 Å². The van der Waals surface area contributed by atoms with Crippen molar-refractivity contribution in [2.45, 2.75) is 31.3 Å². The standard InChI is InChI=1S/C34H33N5O4/c35-24-38-34(43-29-15-8-3-9-16-29)36-22-10-17-30(32(41)37-23-25-18-20-28(40)21-19-25)39-33(42)31(26-11-4-1-5-12-26)27-13-6-2-7-14-27/h1-9,11-16,18-21,30-31,40H,10,17,22-23H2,(H,36,38)(H,37,41)(H,39,42)/t30-/m1/s1. The molecule has 0 aliphatic rings. The highest BCUT2D eigenvalue weighted by molar-refractivity contribution is 5.92. The Morgan fingerprint density at radius 3 is 1.98 bits per heavy atom. The van der Waals surface area contributed by atoms with Gasteiger partial charge in [-0.15, -0.1) is 0 Å². The number of phenols is 1. The lowest BCUT2D eigenvalue weighted by atomic mass is 9.90. The number of ether oxygens (including phenoxy) is 1. The highest BCUT2D eigenvalue weighted by Gasteiger charge is 2.27. The van der Waals surface area contributed by atoms with E-state index in [1.54, 1.807) is 36.4 Å². The molecule has 4 N–H and O–H groups in total. The first-order valence-electron chi connectivity index (χ1n) is 13.9. The van der Waals surface area contributed by atoms with Crippen molar-refractivity contribution in [1.29, 1.82) is 5.26 Å². The van der Waals surface area contributed by atoms with E-state index in [1.807, 2.05) is 85.1 Å². The van der Waals surface area contributed by atoms with Gasteiger partial charge in [-0.2, -0.15) is 5.26 Å². The number of aliphatic imine (C=N–C) groups is 1. The summed E-state index contributed by atoms with van der Waals surface area (Å²) in [5, 5.41) is 27.0. The molecule has 43 heavy (non-hydrogen) atoms. The Labute approximate surface area is 250 Å². The molecule has 218 valence electrons. The number of amides is 2. The van der Waals surface area contributed by atoms with Crippen LogP contribution in [0.2, 0.25) is 0 Å². The second kappa shape index (κ2) is 16.0. The summed E-state index contributed by atoms with van der Waals surface area (Å²) in [7, 11) is 0. The van der Waals surface area contributed by atoms with Gasteiger partial charge < -0.3 is 20.5 Å². The van der Waals surface area contributed by atoms with Gasteiger partial charge in [-0.3, -0.25) is 9.59 Å². The Bertz CT molecular complexity index is 1480. The molecule has 0 unspecified atom stereocenters. The van der Waals surface area contributed by atoms with Gasteiger partial charge in [0.25, 0.3) is 0 Å². The SMILES string of the molecule is N#CNC(=NCCC[C@@H](NC(=O)C(c1ccccc1)c1ccccc1)C(=O)NCc1ccc(O)cc1)Oc1ccccc1. The second-order valence-electron chi connectivity index (χ2n) is 9.68. The van der Waals surface area contributed by atoms with E-state index in [4.69, 9.17) is 10.00 Å². The first-order chi connectivity index (χ1) is 21.0. The van der Waals surface area contributed by atoms with Crippen molar-refractivity contribution < 1.29 is 19.4 Å². The van der Waals surface area contributed by atoms with Crippen molar-refractivity contribution in [2.24, 2.45) is 4.99 Å². The van der Waals surface area contributed by atoms with Crippen LogP contribution in [0, 0.1) is 11.5 Å². The van der Waals surface area contributed by atoms with E-state index >= 15 is 0 Å². The van der Waals surface area contributed by atoms with Crippen molar-refractivity contribution in [2.75, 3.05) is 6.54 Å². The number of nitriles is 1. The van der Waals surface area contributed by atoms with E-state index in [1.165, 1.54) is 0 Å². The highest BCUT2D eigenvalue weighted by Crippen LogP contribution is 2.25. The molecule has 4 rings (SSSR count). The van der Waals surface area contributed by atoms with Gasteiger partial charge in [-0.05, 0) is 53.8 Å². The number of benzene rings is 4. The minimum Gasteiger partial charge on any atom is -0.508 e. The van der Waals surface area contributed by atoms with Crippen LogP contribution in [-0.2, 0) is 16.1 Å². The first kappa shape index (κ1) is 30.3. The molecule has 9 nitrogen and oxygen atoms in total. The summed E-state index contributed by atoms with van der Waals surface area (Å²) in [6.45, 7) is 0.473. The van der Waals surface area contributed by atoms with E-state index in [0.29, 0.717) is 12.2 Å². The molecule has 0 heterocycles. The number of amidine groups is 1. The van der Waals surface area contributed by atoms with Gasteiger partial charge in [-0.1, -0.05) is 91.0 Å². The topological polar surface area (TPSA) is 136 Å². The summed E-state index contributed by atoms with van der Waals surface area (Å²) in [6.07, 6.45) is 2.53.